The summed E-state index contributed by atoms with van der Waals surface area (Å²) in [5, 5.41) is 0. The first-order valence-corrected chi connectivity index (χ1v) is 6.27. The zero-order valence-electron chi connectivity index (χ0n) is 11.3. The largest absolute Gasteiger partial charge is 0.497 e. The minimum Gasteiger partial charge on any atom is -0.497 e. The predicted octanol–water partition coefficient (Wildman–Crippen LogP) is 3.13. The quantitative estimate of drug-likeness (QED) is 0.837. The third-order valence-corrected chi connectivity index (χ3v) is 3.17. The Bertz CT molecular complexity index is 535. The molecular formula is C16H19NO2. The smallest absolute Gasteiger partial charge is 0.118 e. The van der Waals surface area contributed by atoms with Gasteiger partial charge in [-0.1, -0.05) is 30.3 Å². The van der Waals surface area contributed by atoms with Gasteiger partial charge in [0.05, 0.1) is 13.7 Å². The fourth-order valence-corrected chi connectivity index (χ4v) is 2.07. The van der Waals surface area contributed by atoms with Crippen LogP contribution in [0.4, 0.5) is 5.69 Å². The number of para-hydroxylation sites is 1. The number of ether oxygens (including phenoxy) is 2. The van der Waals surface area contributed by atoms with Crippen LogP contribution in [0.15, 0.2) is 42.5 Å². The summed E-state index contributed by atoms with van der Waals surface area (Å²) in [6, 6.07) is 14.0. The van der Waals surface area contributed by atoms with Crippen LogP contribution in [-0.4, -0.2) is 20.8 Å². The number of hydrogen-bond acceptors (Lipinski definition) is 3. The summed E-state index contributed by atoms with van der Waals surface area (Å²) in [5.74, 6) is 0.845. The first-order chi connectivity index (χ1) is 9.26. The summed E-state index contributed by atoms with van der Waals surface area (Å²) in [5.41, 5.74) is 10.3. The average Bonchev–Trinajstić information content (AvgIpc) is 2.46. The molecule has 3 heteroatoms. The lowest BCUT2D eigenvalue weighted by Crippen LogP contribution is -2.01. The van der Waals surface area contributed by atoms with Crippen molar-refractivity contribution >= 4 is 5.69 Å². The van der Waals surface area contributed by atoms with Crippen LogP contribution in [0.3, 0.4) is 0 Å². The molecule has 0 atom stereocenters. The van der Waals surface area contributed by atoms with Gasteiger partial charge in [-0.15, -0.1) is 0 Å². The third-order valence-electron chi connectivity index (χ3n) is 3.17. The summed E-state index contributed by atoms with van der Waals surface area (Å²) >= 11 is 0. The highest BCUT2D eigenvalue weighted by atomic mass is 16.5. The molecule has 0 aliphatic rings. The molecule has 0 aromatic heterocycles. The van der Waals surface area contributed by atoms with Gasteiger partial charge in [0.2, 0.25) is 0 Å². The van der Waals surface area contributed by atoms with Crippen LogP contribution in [0.2, 0.25) is 0 Å². The molecule has 2 aromatic carbocycles. The molecular weight excluding hydrogens is 238 g/mol. The Labute approximate surface area is 114 Å². The summed E-state index contributed by atoms with van der Waals surface area (Å²) in [6.07, 6.45) is 0.826. The number of rotatable bonds is 5. The highest BCUT2D eigenvalue weighted by Crippen LogP contribution is 2.30. The van der Waals surface area contributed by atoms with E-state index in [1.54, 1.807) is 14.2 Å². The fraction of sp³-hybridized carbons (Fsp3) is 0.250. The maximum Gasteiger partial charge on any atom is 0.118 e. The molecule has 100 valence electrons. The van der Waals surface area contributed by atoms with E-state index in [0.29, 0.717) is 6.61 Å². The molecule has 0 spiro atoms. The summed E-state index contributed by atoms with van der Waals surface area (Å²) in [7, 11) is 3.36. The molecule has 0 radical (unpaired) electrons. The van der Waals surface area contributed by atoms with Crippen molar-refractivity contribution in [3.63, 3.8) is 0 Å². The Hall–Kier alpha value is -2.00. The number of nitrogen functional groups attached to an aromatic ring is 1. The van der Waals surface area contributed by atoms with Gasteiger partial charge in [-0.25, -0.2) is 0 Å². The number of anilines is 1. The van der Waals surface area contributed by atoms with Crippen LogP contribution < -0.4 is 10.5 Å². The van der Waals surface area contributed by atoms with Crippen molar-refractivity contribution < 1.29 is 9.47 Å². The molecule has 0 saturated heterocycles. The lowest BCUT2D eigenvalue weighted by molar-refractivity contribution is 0.202. The normalized spacial score (nSPS) is 10.4. The van der Waals surface area contributed by atoms with E-state index < -0.39 is 0 Å². The molecule has 2 aromatic rings. The van der Waals surface area contributed by atoms with Gasteiger partial charge in [-0.2, -0.15) is 0 Å². The van der Waals surface area contributed by atoms with E-state index in [2.05, 4.69) is 0 Å². The van der Waals surface area contributed by atoms with Gasteiger partial charge in [-0.05, 0) is 29.7 Å². The molecule has 19 heavy (non-hydrogen) atoms. The van der Waals surface area contributed by atoms with Gasteiger partial charge in [0.1, 0.15) is 5.75 Å². The van der Waals surface area contributed by atoms with E-state index in [1.807, 2.05) is 42.5 Å². The van der Waals surface area contributed by atoms with Crippen molar-refractivity contribution in [1.82, 2.24) is 0 Å². The van der Waals surface area contributed by atoms with Crippen molar-refractivity contribution in [3.8, 4) is 16.9 Å². The van der Waals surface area contributed by atoms with Crippen LogP contribution in [-0.2, 0) is 11.2 Å². The van der Waals surface area contributed by atoms with E-state index >= 15 is 0 Å². The van der Waals surface area contributed by atoms with E-state index in [9.17, 15) is 0 Å². The minimum absolute atomic E-state index is 0.677. The maximum atomic E-state index is 6.24. The van der Waals surface area contributed by atoms with Gasteiger partial charge < -0.3 is 15.2 Å². The Morgan fingerprint density at radius 3 is 2.37 bits per heavy atom. The van der Waals surface area contributed by atoms with Crippen molar-refractivity contribution in [2.45, 2.75) is 6.42 Å². The molecule has 0 aliphatic heterocycles. The van der Waals surface area contributed by atoms with E-state index in [-0.39, 0.29) is 0 Å². The minimum atomic E-state index is 0.677. The SMILES string of the molecule is COCCc1cccc(-c2ccc(OC)cc2)c1N. The van der Waals surface area contributed by atoms with Crippen LogP contribution in [0.5, 0.6) is 5.75 Å². The Morgan fingerprint density at radius 2 is 1.74 bits per heavy atom. The Morgan fingerprint density at radius 1 is 1.00 bits per heavy atom. The van der Waals surface area contributed by atoms with Gasteiger partial charge in [-0.3, -0.25) is 0 Å². The van der Waals surface area contributed by atoms with Crippen molar-refractivity contribution in [1.29, 1.82) is 0 Å². The zero-order valence-corrected chi connectivity index (χ0v) is 11.3. The molecule has 0 amide bonds. The average molecular weight is 257 g/mol. The molecule has 0 saturated carbocycles. The molecule has 0 heterocycles. The highest BCUT2D eigenvalue weighted by Gasteiger charge is 2.07. The monoisotopic (exact) mass is 257 g/mol. The first kappa shape index (κ1) is 13.4. The van der Waals surface area contributed by atoms with Crippen LogP contribution in [0.25, 0.3) is 11.1 Å². The van der Waals surface area contributed by atoms with Crippen molar-refractivity contribution in [2.75, 3.05) is 26.6 Å². The van der Waals surface area contributed by atoms with Crippen molar-refractivity contribution in [3.05, 3.63) is 48.0 Å². The van der Waals surface area contributed by atoms with Gasteiger partial charge >= 0.3 is 0 Å². The second-order valence-corrected chi connectivity index (χ2v) is 4.35. The number of nitrogens with two attached hydrogens (primary N) is 1. The molecule has 0 unspecified atom stereocenters. The van der Waals surface area contributed by atoms with Gasteiger partial charge in [0.25, 0.3) is 0 Å². The second-order valence-electron chi connectivity index (χ2n) is 4.35. The van der Waals surface area contributed by atoms with Crippen LogP contribution in [0.1, 0.15) is 5.56 Å². The summed E-state index contributed by atoms with van der Waals surface area (Å²) in [6.45, 7) is 0.677. The van der Waals surface area contributed by atoms with Crippen LogP contribution >= 0.6 is 0 Å². The van der Waals surface area contributed by atoms with Crippen molar-refractivity contribution in [2.24, 2.45) is 0 Å². The summed E-state index contributed by atoms with van der Waals surface area (Å²) < 4.78 is 10.3. The number of benzene rings is 2. The first-order valence-electron chi connectivity index (χ1n) is 6.27. The van der Waals surface area contributed by atoms with Crippen LogP contribution in [0, 0.1) is 0 Å². The fourth-order valence-electron chi connectivity index (χ4n) is 2.07. The second kappa shape index (κ2) is 6.25. The topological polar surface area (TPSA) is 44.5 Å². The standard InChI is InChI=1S/C16H19NO2/c1-18-11-10-13-4-3-5-15(16(13)17)12-6-8-14(19-2)9-7-12/h3-9H,10-11,17H2,1-2H3. The lowest BCUT2D eigenvalue weighted by atomic mass is 9.99. The number of hydrogen-bond donors (Lipinski definition) is 1. The molecule has 2 rings (SSSR count). The summed E-state index contributed by atoms with van der Waals surface area (Å²) in [4.78, 5) is 0. The highest BCUT2D eigenvalue weighted by molar-refractivity contribution is 5.78. The van der Waals surface area contributed by atoms with Gasteiger partial charge in [0, 0.05) is 18.4 Å². The molecule has 2 N–H and O–H groups in total. The molecule has 0 bridgehead atoms. The van der Waals surface area contributed by atoms with E-state index in [4.69, 9.17) is 15.2 Å². The zero-order chi connectivity index (χ0) is 13.7. The Kier molecular flexibility index (Phi) is 4.42. The maximum absolute atomic E-state index is 6.24. The third kappa shape index (κ3) is 3.06. The Balaban J connectivity index is 2.32. The number of methoxy groups -OCH3 is 2. The van der Waals surface area contributed by atoms with Gasteiger partial charge in [0.15, 0.2) is 0 Å². The lowest BCUT2D eigenvalue weighted by Gasteiger charge is -2.11. The molecule has 0 fully saturated rings. The predicted molar refractivity (Wildman–Crippen MR) is 78.4 cm³/mol. The molecule has 3 nitrogen and oxygen atoms in total. The van der Waals surface area contributed by atoms with E-state index in [1.165, 1.54) is 0 Å². The van der Waals surface area contributed by atoms with E-state index in [0.717, 1.165) is 34.5 Å². The molecule has 0 aliphatic carbocycles.